The van der Waals surface area contributed by atoms with E-state index < -0.39 is 0 Å². The van der Waals surface area contributed by atoms with Gasteiger partial charge in [0.05, 0.1) is 0 Å². The minimum Gasteiger partial charge on any atom is -0.484 e. The summed E-state index contributed by atoms with van der Waals surface area (Å²) in [5.41, 5.74) is 6.06. The molecule has 2 atom stereocenters. The minimum absolute atomic E-state index is 0.00831. The average Bonchev–Trinajstić information content (AvgIpc) is 2.82. The standard InChI is InChI=1S/C17H20N2O2/c1-11-6-7-14(8-12(11)2)21-10-17(20)19-18-16-9-13-4-3-5-15(13)16/h3-4,6-8,13,15H,5,9-10H2,1-2H3,(H,19,20)/b18-16-/t13-,15-/m1/s1. The van der Waals surface area contributed by atoms with Gasteiger partial charge in [0.2, 0.25) is 0 Å². The summed E-state index contributed by atoms with van der Waals surface area (Å²) in [4.78, 5) is 11.7. The van der Waals surface area contributed by atoms with Crippen LogP contribution >= 0.6 is 0 Å². The second-order valence-electron chi connectivity index (χ2n) is 5.81. The molecule has 0 bridgehead atoms. The molecular formula is C17H20N2O2. The summed E-state index contributed by atoms with van der Waals surface area (Å²) >= 11 is 0. The lowest BCUT2D eigenvalue weighted by atomic mass is 9.74. The van der Waals surface area contributed by atoms with E-state index in [0.717, 1.165) is 24.1 Å². The third kappa shape index (κ3) is 2.99. The summed E-state index contributed by atoms with van der Waals surface area (Å²) in [6.45, 7) is 4.06. The lowest BCUT2D eigenvalue weighted by Crippen LogP contribution is -2.36. The molecule has 1 N–H and O–H groups in total. The first kappa shape index (κ1) is 13.9. The van der Waals surface area contributed by atoms with Crippen molar-refractivity contribution >= 4 is 11.6 Å². The molecule has 21 heavy (non-hydrogen) atoms. The molecule has 3 rings (SSSR count). The van der Waals surface area contributed by atoms with E-state index >= 15 is 0 Å². The Balaban J connectivity index is 1.46. The van der Waals surface area contributed by atoms with Crippen LogP contribution in [0.4, 0.5) is 0 Å². The zero-order valence-corrected chi connectivity index (χ0v) is 12.4. The zero-order chi connectivity index (χ0) is 14.8. The largest absolute Gasteiger partial charge is 0.484 e. The summed E-state index contributed by atoms with van der Waals surface area (Å²) in [5, 5.41) is 4.21. The molecule has 0 spiro atoms. The van der Waals surface area contributed by atoms with Gasteiger partial charge in [-0.25, -0.2) is 5.43 Å². The van der Waals surface area contributed by atoms with Crippen LogP contribution in [0.3, 0.4) is 0 Å². The van der Waals surface area contributed by atoms with E-state index in [2.05, 4.69) is 22.7 Å². The molecule has 0 heterocycles. The summed E-state index contributed by atoms with van der Waals surface area (Å²) in [5.74, 6) is 1.66. The molecule has 1 aromatic carbocycles. The maximum atomic E-state index is 11.7. The smallest absolute Gasteiger partial charge is 0.277 e. The molecule has 4 heteroatoms. The summed E-state index contributed by atoms with van der Waals surface area (Å²) in [6.07, 6.45) is 6.47. The average molecular weight is 284 g/mol. The van der Waals surface area contributed by atoms with Gasteiger partial charge in [0.25, 0.3) is 5.91 Å². The van der Waals surface area contributed by atoms with Gasteiger partial charge in [-0.05, 0) is 55.9 Å². The highest BCUT2D eigenvalue weighted by atomic mass is 16.5. The van der Waals surface area contributed by atoms with Crippen LogP contribution in [-0.2, 0) is 4.79 Å². The molecule has 2 aliphatic rings. The van der Waals surface area contributed by atoms with E-state index in [-0.39, 0.29) is 12.5 Å². The number of hydrogen-bond donors (Lipinski definition) is 1. The van der Waals surface area contributed by atoms with E-state index in [0.29, 0.717) is 17.6 Å². The number of rotatable bonds is 4. The molecule has 0 aliphatic heterocycles. The van der Waals surface area contributed by atoms with Crippen LogP contribution in [0.15, 0.2) is 35.5 Å². The predicted octanol–water partition coefficient (Wildman–Crippen LogP) is 2.75. The number of benzene rings is 1. The Kier molecular flexibility index (Phi) is 3.78. The molecule has 2 aliphatic carbocycles. The number of nitrogens with zero attached hydrogens (tertiary/aromatic N) is 1. The van der Waals surface area contributed by atoms with Crippen molar-refractivity contribution in [1.29, 1.82) is 0 Å². The number of aryl methyl sites for hydroxylation is 2. The fourth-order valence-corrected chi connectivity index (χ4v) is 2.78. The van der Waals surface area contributed by atoms with Crippen molar-refractivity contribution in [3.8, 4) is 5.75 Å². The van der Waals surface area contributed by atoms with Crippen LogP contribution in [0.2, 0.25) is 0 Å². The predicted molar refractivity (Wildman–Crippen MR) is 82.3 cm³/mol. The summed E-state index contributed by atoms with van der Waals surface area (Å²) in [7, 11) is 0. The van der Waals surface area contributed by atoms with Gasteiger partial charge in [-0.1, -0.05) is 18.2 Å². The van der Waals surface area contributed by atoms with E-state index in [9.17, 15) is 4.79 Å². The Morgan fingerprint density at radius 2 is 2.24 bits per heavy atom. The maximum absolute atomic E-state index is 11.7. The van der Waals surface area contributed by atoms with Gasteiger partial charge in [-0.2, -0.15) is 5.10 Å². The van der Waals surface area contributed by atoms with Gasteiger partial charge in [0.15, 0.2) is 6.61 Å². The van der Waals surface area contributed by atoms with Crippen LogP contribution < -0.4 is 10.2 Å². The lowest BCUT2D eigenvalue weighted by molar-refractivity contribution is -0.123. The molecule has 0 radical (unpaired) electrons. The molecule has 0 unspecified atom stereocenters. The number of allylic oxidation sites excluding steroid dienone is 2. The van der Waals surface area contributed by atoms with Crippen molar-refractivity contribution in [1.82, 2.24) is 5.43 Å². The highest BCUT2D eigenvalue weighted by Crippen LogP contribution is 2.39. The van der Waals surface area contributed by atoms with Crippen molar-refractivity contribution in [2.75, 3.05) is 6.61 Å². The first-order valence-electron chi connectivity index (χ1n) is 7.35. The molecule has 1 saturated carbocycles. The topological polar surface area (TPSA) is 50.7 Å². The second kappa shape index (κ2) is 5.72. The monoisotopic (exact) mass is 284 g/mol. The van der Waals surface area contributed by atoms with Gasteiger partial charge in [0, 0.05) is 11.6 Å². The number of nitrogens with one attached hydrogen (secondary N) is 1. The van der Waals surface area contributed by atoms with Gasteiger partial charge in [-0.3, -0.25) is 4.79 Å². The number of amides is 1. The number of carbonyl (C=O) groups excluding carboxylic acids is 1. The summed E-state index contributed by atoms with van der Waals surface area (Å²) in [6, 6.07) is 5.81. The first-order chi connectivity index (χ1) is 10.1. The van der Waals surface area contributed by atoms with Crippen LogP contribution in [0.5, 0.6) is 5.75 Å². The number of ether oxygens (including phenoxy) is 1. The van der Waals surface area contributed by atoms with Crippen LogP contribution in [-0.4, -0.2) is 18.2 Å². The Hall–Kier alpha value is -2.10. The molecule has 0 aromatic heterocycles. The Labute approximate surface area is 124 Å². The fraction of sp³-hybridized carbons (Fsp3) is 0.412. The minimum atomic E-state index is -0.213. The Morgan fingerprint density at radius 1 is 1.38 bits per heavy atom. The molecule has 1 aromatic rings. The van der Waals surface area contributed by atoms with Crippen molar-refractivity contribution in [2.45, 2.75) is 26.7 Å². The van der Waals surface area contributed by atoms with E-state index in [1.54, 1.807) is 0 Å². The number of fused-ring (bicyclic) bond motifs is 1. The van der Waals surface area contributed by atoms with E-state index in [1.165, 1.54) is 5.56 Å². The molecule has 4 nitrogen and oxygen atoms in total. The molecule has 110 valence electrons. The lowest BCUT2D eigenvalue weighted by Gasteiger charge is -2.31. The van der Waals surface area contributed by atoms with E-state index in [1.807, 2.05) is 32.0 Å². The van der Waals surface area contributed by atoms with Crippen LogP contribution in [0, 0.1) is 25.7 Å². The van der Waals surface area contributed by atoms with Crippen molar-refractivity contribution < 1.29 is 9.53 Å². The molecule has 0 saturated heterocycles. The van der Waals surface area contributed by atoms with Gasteiger partial charge >= 0.3 is 0 Å². The third-order valence-corrected chi connectivity index (χ3v) is 4.34. The second-order valence-corrected chi connectivity index (χ2v) is 5.81. The van der Waals surface area contributed by atoms with Crippen molar-refractivity contribution in [3.63, 3.8) is 0 Å². The first-order valence-corrected chi connectivity index (χ1v) is 7.35. The van der Waals surface area contributed by atoms with Crippen molar-refractivity contribution in [3.05, 3.63) is 41.5 Å². The fourth-order valence-electron chi connectivity index (χ4n) is 2.78. The molecular weight excluding hydrogens is 264 g/mol. The van der Waals surface area contributed by atoms with Crippen LogP contribution in [0.1, 0.15) is 24.0 Å². The quantitative estimate of drug-likeness (QED) is 0.682. The van der Waals surface area contributed by atoms with Gasteiger partial charge < -0.3 is 4.74 Å². The van der Waals surface area contributed by atoms with Gasteiger partial charge in [0.1, 0.15) is 5.75 Å². The Morgan fingerprint density at radius 3 is 3.00 bits per heavy atom. The SMILES string of the molecule is Cc1ccc(OCC(=O)N/N=C2/C[C@H]3C=CC[C@@H]23)cc1C. The normalized spacial score (nSPS) is 24.6. The van der Waals surface area contributed by atoms with Crippen molar-refractivity contribution in [2.24, 2.45) is 16.9 Å². The highest BCUT2D eigenvalue weighted by molar-refractivity contribution is 5.94. The number of hydrogen-bond acceptors (Lipinski definition) is 3. The molecule has 1 fully saturated rings. The van der Waals surface area contributed by atoms with E-state index in [4.69, 9.17) is 4.74 Å². The number of hydrazone groups is 1. The third-order valence-electron chi connectivity index (χ3n) is 4.34. The summed E-state index contributed by atoms with van der Waals surface area (Å²) < 4.78 is 5.48. The number of carbonyl (C=O) groups is 1. The van der Waals surface area contributed by atoms with Crippen LogP contribution in [0.25, 0.3) is 0 Å². The molecule has 1 amide bonds. The Bertz CT molecular complexity index is 619. The highest BCUT2D eigenvalue weighted by Gasteiger charge is 2.37. The maximum Gasteiger partial charge on any atom is 0.277 e. The van der Waals surface area contributed by atoms with Gasteiger partial charge in [-0.15, -0.1) is 0 Å². The zero-order valence-electron chi connectivity index (χ0n) is 12.4.